The number of rotatable bonds is 2. The van der Waals surface area contributed by atoms with Crippen molar-refractivity contribution in [3.05, 3.63) is 65.7 Å². The Balaban J connectivity index is 1.47. The lowest BCUT2D eigenvalue weighted by Gasteiger charge is -2.42. The third kappa shape index (κ3) is 2.82. The van der Waals surface area contributed by atoms with Gasteiger partial charge in [0, 0.05) is 43.7 Å². The molecule has 4 heteroatoms. The first-order valence-corrected chi connectivity index (χ1v) is 8.23. The Morgan fingerprint density at radius 2 is 1.70 bits per heavy atom. The van der Waals surface area contributed by atoms with Crippen LogP contribution in [0.1, 0.15) is 24.0 Å². The van der Waals surface area contributed by atoms with Gasteiger partial charge in [0.2, 0.25) is 0 Å². The molecule has 23 heavy (non-hydrogen) atoms. The summed E-state index contributed by atoms with van der Waals surface area (Å²) >= 11 is 0. The number of amidine groups is 1. The fourth-order valence-corrected chi connectivity index (χ4v) is 3.54. The molecular formula is C19H22N4. The zero-order chi connectivity index (χ0) is 15.7. The Bertz CT molecular complexity index is 715. The molecule has 3 N–H and O–H groups in total. The number of para-hydroxylation sites is 1. The van der Waals surface area contributed by atoms with Crippen LogP contribution in [0, 0.1) is 0 Å². The molecule has 0 radical (unpaired) electrons. The van der Waals surface area contributed by atoms with Crippen LogP contribution in [0.2, 0.25) is 0 Å². The topological polar surface area (TPSA) is 53.6 Å². The standard InChI is InChI=1S/C19H22N4/c20-18-16-8-4-5-9-17(16)21-19(22-18)10-12-23(13-11-19)14-15-6-2-1-3-7-15/h1-9,21H,10-14H2,(H2,20,22). The van der Waals surface area contributed by atoms with Crippen LogP contribution in [-0.2, 0) is 6.54 Å². The van der Waals surface area contributed by atoms with Crippen LogP contribution >= 0.6 is 0 Å². The monoisotopic (exact) mass is 306 g/mol. The zero-order valence-corrected chi connectivity index (χ0v) is 13.2. The number of hydrogen-bond acceptors (Lipinski definition) is 4. The van der Waals surface area contributed by atoms with E-state index in [4.69, 9.17) is 10.7 Å². The third-order valence-electron chi connectivity index (χ3n) is 4.84. The van der Waals surface area contributed by atoms with Crippen LogP contribution in [0.4, 0.5) is 5.69 Å². The second-order valence-corrected chi connectivity index (χ2v) is 6.46. The van der Waals surface area contributed by atoms with Gasteiger partial charge in [-0.05, 0) is 17.7 Å². The number of nitrogens with zero attached hydrogens (tertiary/aromatic N) is 2. The SMILES string of the molecule is NC1=NC2(CCN(Cc3ccccc3)CC2)Nc2ccccc21. The number of nitrogens with one attached hydrogen (secondary N) is 1. The van der Waals surface area contributed by atoms with E-state index in [1.807, 2.05) is 18.2 Å². The highest BCUT2D eigenvalue weighted by Gasteiger charge is 2.37. The van der Waals surface area contributed by atoms with Gasteiger partial charge in [0.1, 0.15) is 11.5 Å². The van der Waals surface area contributed by atoms with Crippen molar-refractivity contribution in [2.24, 2.45) is 10.7 Å². The van der Waals surface area contributed by atoms with E-state index in [0.717, 1.165) is 43.7 Å². The highest BCUT2D eigenvalue weighted by molar-refractivity contribution is 6.04. The Morgan fingerprint density at radius 1 is 1.00 bits per heavy atom. The molecule has 4 rings (SSSR count). The van der Waals surface area contributed by atoms with Crippen molar-refractivity contribution in [1.82, 2.24) is 4.90 Å². The first-order valence-electron chi connectivity index (χ1n) is 8.23. The van der Waals surface area contributed by atoms with Crippen LogP contribution in [0.5, 0.6) is 0 Å². The molecule has 0 atom stereocenters. The smallest absolute Gasteiger partial charge is 0.134 e. The molecule has 2 aromatic carbocycles. The van der Waals surface area contributed by atoms with Gasteiger partial charge >= 0.3 is 0 Å². The van der Waals surface area contributed by atoms with Crippen molar-refractivity contribution < 1.29 is 0 Å². The Kier molecular flexibility index (Phi) is 3.54. The van der Waals surface area contributed by atoms with E-state index >= 15 is 0 Å². The molecule has 2 aromatic rings. The number of piperidine rings is 1. The molecule has 2 aliphatic rings. The van der Waals surface area contributed by atoms with Crippen LogP contribution in [0.3, 0.4) is 0 Å². The molecule has 4 nitrogen and oxygen atoms in total. The van der Waals surface area contributed by atoms with E-state index in [1.54, 1.807) is 0 Å². The fraction of sp³-hybridized carbons (Fsp3) is 0.316. The van der Waals surface area contributed by atoms with E-state index in [9.17, 15) is 0 Å². The molecule has 118 valence electrons. The number of anilines is 1. The summed E-state index contributed by atoms with van der Waals surface area (Å²) < 4.78 is 0. The number of nitrogens with two attached hydrogens (primary N) is 1. The van der Waals surface area contributed by atoms with Gasteiger partial charge in [-0.2, -0.15) is 0 Å². The summed E-state index contributed by atoms with van der Waals surface area (Å²) in [6.45, 7) is 3.06. The van der Waals surface area contributed by atoms with Crippen molar-refractivity contribution in [1.29, 1.82) is 0 Å². The third-order valence-corrected chi connectivity index (χ3v) is 4.84. The average molecular weight is 306 g/mol. The van der Waals surface area contributed by atoms with Gasteiger partial charge in [0.05, 0.1) is 0 Å². The summed E-state index contributed by atoms with van der Waals surface area (Å²) in [7, 11) is 0. The first-order chi connectivity index (χ1) is 11.2. The molecule has 0 bridgehead atoms. The second-order valence-electron chi connectivity index (χ2n) is 6.46. The average Bonchev–Trinajstić information content (AvgIpc) is 2.58. The number of fused-ring (bicyclic) bond motifs is 1. The molecule has 0 aliphatic carbocycles. The van der Waals surface area contributed by atoms with Crippen molar-refractivity contribution in [2.45, 2.75) is 25.0 Å². The van der Waals surface area contributed by atoms with E-state index < -0.39 is 0 Å². The normalized spacial score (nSPS) is 19.7. The highest BCUT2D eigenvalue weighted by Crippen LogP contribution is 2.34. The summed E-state index contributed by atoms with van der Waals surface area (Å²) in [5, 5.41) is 3.63. The van der Waals surface area contributed by atoms with Crippen LogP contribution in [0.15, 0.2) is 59.6 Å². The number of likely N-dealkylation sites (tertiary alicyclic amines) is 1. The number of aliphatic imine (C=N–C) groups is 1. The van der Waals surface area contributed by atoms with E-state index in [0.29, 0.717) is 5.84 Å². The quantitative estimate of drug-likeness (QED) is 0.897. The molecule has 0 unspecified atom stereocenters. The maximum Gasteiger partial charge on any atom is 0.134 e. The second kappa shape index (κ2) is 5.70. The summed E-state index contributed by atoms with van der Waals surface area (Å²) in [6, 6.07) is 18.8. The molecule has 0 saturated carbocycles. The predicted octanol–water partition coefficient (Wildman–Crippen LogP) is 2.81. The van der Waals surface area contributed by atoms with Crippen LogP contribution in [0.25, 0.3) is 0 Å². The lowest BCUT2D eigenvalue weighted by molar-refractivity contribution is 0.170. The lowest BCUT2D eigenvalue weighted by Crippen LogP contribution is -2.50. The van der Waals surface area contributed by atoms with Gasteiger partial charge in [-0.15, -0.1) is 0 Å². The Labute approximate surface area is 137 Å². The lowest BCUT2D eigenvalue weighted by atomic mass is 9.93. The van der Waals surface area contributed by atoms with Gasteiger partial charge in [-0.3, -0.25) is 4.90 Å². The van der Waals surface area contributed by atoms with E-state index in [-0.39, 0.29) is 5.66 Å². The summed E-state index contributed by atoms with van der Waals surface area (Å²) in [5.74, 6) is 0.663. The Hall–Kier alpha value is -2.33. The highest BCUT2D eigenvalue weighted by atomic mass is 15.2. The van der Waals surface area contributed by atoms with Crippen molar-refractivity contribution in [3.63, 3.8) is 0 Å². The predicted molar refractivity (Wildman–Crippen MR) is 94.5 cm³/mol. The zero-order valence-electron chi connectivity index (χ0n) is 13.2. The molecule has 0 aromatic heterocycles. The number of hydrogen-bond donors (Lipinski definition) is 2. The fourth-order valence-electron chi connectivity index (χ4n) is 3.54. The minimum Gasteiger partial charge on any atom is -0.383 e. The van der Waals surface area contributed by atoms with Gasteiger partial charge in [0.15, 0.2) is 0 Å². The van der Waals surface area contributed by atoms with Gasteiger partial charge in [-0.1, -0.05) is 42.5 Å². The Morgan fingerprint density at radius 3 is 2.48 bits per heavy atom. The molecule has 2 aliphatic heterocycles. The number of benzene rings is 2. The summed E-state index contributed by atoms with van der Waals surface area (Å²) in [4.78, 5) is 7.31. The van der Waals surface area contributed by atoms with E-state index in [2.05, 4.69) is 46.6 Å². The maximum absolute atomic E-state index is 6.21. The molecule has 2 heterocycles. The van der Waals surface area contributed by atoms with Crippen molar-refractivity contribution in [3.8, 4) is 0 Å². The van der Waals surface area contributed by atoms with Crippen molar-refractivity contribution in [2.75, 3.05) is 18.4 Å². The van der Waals surface area contributed by atoms with Crippen LogP contribution < -0.4 is 11.1 Å². The summed E-state index contributed by atoms with van der Waals surface area (Å²) in [5.41, 5.74) is 9.47. The minimum absolute atomic E-state index is 0.231. The molecule has 0 amide bonds. The first kappa shape index (κ1) is 14.3. The maximum atomic E-state index is 6.21. The van der Waals surface area contributed by atoms with Gasteiger partial charge in [0.25, 0.3) is 0 Å². The van der Waals surface area contributed by atoms with Gasteiger partial charge in [-0.25, -0.2) is 4.99 Å². The van der Waals surface area contributed by atoms with Crippen molar-refractivity contribution >= 4 is 11.5 Å². The van der Waals surface area contributed by atoms with Gasteiger partial charge < -0.3 is 11.1 Å². The van der Waals surface area contributed by atoms with E-state index in [1.165, 1.54) is 5.56 Å². The summed E-state index contributed by atoms with van der Waals surface area (Å²) in [6.07, 6.45) is 1.96. The molecular weight excluding hydrogens is 284 g/mol. The molecule has 1 spiro atoms. The minimum atomic E-state index is -0.231. The largest absolute Gasteiger partial charge is 0.383 e. The molecule has 1 saturated heterocycles. The molecule has 1 fully saturated rings. The van der Waals surface area contributed by atoms with Crippen LogP contribution in [-0.4, -0.2) is 29.5 Å².